The van der Waals surface area contributed by atoms with Gasteiger partial charge in [0.15, 0.2) is 0 Å². The number of benzene rings is 2. The number of carbonyl (C=O) groups is 2. The molecular weight excluding hydrogens is 348 g/mol. The molecule has 1 aliphatic heterocycles. The Kier molecular flexibility index (Phi) is 4.18. The molecule has 0 unspecified atom stereocenters. The Bertz CT molecular complexity index is 982. The lowest BCUT2D eigenvalue weighted by Gasteiger charge is -2.23. The number of anilines is 3. The minimum Gasteiger partial charge on any atom is -0.444 e. The van der Waals surface area contributed by atoms with Gasteiger partial charge in [-0.05, 0) is 24.6 Å². The van der Waals surface area contributed by atoms with Gasteiger partial charge in [-0.25, -0.2) is 9.69 Å². The average molecular weight is 364 g/mol. The Labute approximate surface area is 154 Å². The lowest BCUT2D eigenvalue weighted by atomic mass is 10.2. The van der Waals surface area contributed by atoms with Crippen LogP contribution in [-0.4, -0.2) is 12.0 Å². The van der Waals surface area contributed by atoms with Gasteiger partial charge in [0.05, 0.1) is 22.6 Å². The van der Waals surface area contributed by atoms with Crippen molar-refractivity contribution in [2.45, 2.75) is 13.5 Å². The number of aryl methyl sites for hydroxylation is 1. The summed E-state index contributed by atoms with van der Waals surface area (Å²) in [5, 5.41) is 4.64. The van der Waals surface area contributed by atoms with Gasteiger partial charge in [-0.2, -0.15) is 0 Å². The van der Waals surface area contributed by atoms with Gasteiger partial charge >= 0.3 is 6.09 Å². The molecule has 2 aromatic carbocycles. The van der Waals surface area contributed by atoms with E-state index in [0.29, 0.717) is 22.6 Å². The maximum absolute atomic E-state index is 13.0. The number of carbonyl (C=O) groups excluding carboxylic acids is 2. The molecule has 0 atom stereocenters. The van der Waals surface area contributed by atoms with Gasteiger partial charge in [0.1, 0.15) is 6.61 Å². The van der Waals surface area contributed by atoms with Crippen molar-refractivity contribution in [1.29, 1.82) is 0 Å². The summed E-state index contributed by atoms with van der Waals surface area (Å²) in [6.07, 6.45) is -0.513. The number of hydrogen-bond acceptors (Lipinski definition) is 4. The van der Waals surface area contributed by atoms with E-state index in [1.165, 1.54) is 16.2 Å². The van der Waals surface area contributed by atoms with Crippen molar-refractivity contribution in [2.75, 3.05) is 10.2 Å². The van der Waals surface area contributed by atoms with Gasteiger partial charge in [-0.1, -0.05) is 42.5 Å². The summed E-state index contributed by atoms with van der Waals surface area (Å²) in [6, 6.07) is 16.7. The summed E-state index contributed by atoms with van der Waals surface area (Å²) in [7, 11) is 0. The van der Waals surface area contributed by atoms with E-state index in [4.69, 9.17) is 4.74 Å². The highest BCUT2D eigenvalue weighted by atomic mass is 32.1. The highest BCUT2D eigenvalue weighted by molar-refractivity contribution is 7.10. The van der Waals surface area contributed by atoms with E-state index in [0.717, 1.165) is 10.4 Å². The van der Waals surface area contributed by atoms with Crippen LogP contribution in [0, 0.1) is 6.92 Å². The molecule has 0 fully saturated rings. The molecule has 6 heteroatoms. The van der Waals surface area contributed by atoms with Gasteiger partial charge < -0.3 is 10.1 Å². The van der Waals surface area contributed by atoms with Crippen molar-refractivity contribution in [2.24, 2.45) is 0 Å². The Morgan fingerprint density at radius 3 is 2.65 bits per heavy atom. The van der Waals surface area contributed by atoms with Gasteiger partial charge in [0, 0.05) is 10.3 Å². The molecule has 0 bridgehead atoms. The molecule has 130 valence electrons. The Balaban J connectivity index is 1.74. The first kappa shape index (κ1) is 16.4. The fourth-order valence-electron chi connectivity index (χ4n) is 2.95. The summed E-state index contributed by atoms with van der Waals surface area (Å²) in [5.41, 5.74) is 3.13. The van der Waals surface area contributed by atoms with E-state index in [2.05, 4.69) is 5.32 Å². The Morgan fingerprint density at radius 1 is 1.12 bits per heavy atom. The van der Waals surface area contributed by atoms with Crippen molar-refractivity contribution in [3.05, 3.63) is 76.0 Å². The van der Waals surface area contributed by atoms with Crippen molar-refractivity contribution in [3.8, 4) is 0 Å². The van der Waals surface area contributed by atoms with E-state index in [1.54, 1.807) is 17.5 Å². The van der Waals surface area contributed by atoms with E-state index in [9.17, 15) is 9.59 Å². The third-order valence-electron chi connectivity index (χ3n) is 4.19. The molecule has 1 aliphatic rings. The molecule has 26 heavy (non-hydrogen) atoms. The fourth-order valence-corrected chi connectivity index (χ4v) is 3.77. The van der Waals surface area contributed by atoms with Crippen molar-refractivity contribution in [3.63, 3.8) is 0 Å². The van der Waals surface area contributed by atoms with Crippen LogP contribution in [-0.2, 0) is 11.3 Å². The number of fused-ring (bicyclic) bond motifs is 2. The third-order valence-corrected chi connectivity index (χ3v) is 5.09. The van der Waals surface area contributed by atoms with E-state index in [1.807, 2.05) is 49.4 Å². The van der Waals surface area contributed by atoms with Crippen LogP contribution in [0.5, 0.6) is 0 Å². The molecule has 2 amide bonds. The number of nitrogens with one attached hydrogen (secondary N) is 1. The van der Waals surface area contributed by atoms with Gasteiger partial charge in [0.2, 0.25) is 0 Å². The molecule has 0 saturated heterocycles. The van der Waals surface area contributed by atoms with Crippen LogP contribution < -0.4 is 10.2 Å². The van der Waals surface area contributed by atoms with Crippen molar-refractivity contribution < 1.29 is 14.3 Å². The maximum Gasteiger partial charge on any atom is 0.419 e. The first-order valence-electron chi connectivity index (χ1n) is 8.14. The van der Waals surface area contributed by atoms with Gasteiger partial charge in [-0.3, -0.25) is 4.79 Å². The molecule has 0 spiro atoms. The smallest absolute Gasteiger partial charge is 0.419 e. The highest BCUT2D eigenvalue weighted by Gasteiger charge is 2.32. The molecule has 4 rings (SSSR count). The molecule has 0 radical (unpaired) electrons. The lowest BCUT2D eigenvalue weighted by Crippen LogP contribution is -2.27. The first-order chi connectivity index (χ1) is 12.6. The van der Waals surface area contributed by atoms with Crippen LogP contribution in [0.4, 0.5) is 21.9 Å². The number of ether oxygens (including phenoxy) is 1. The summed E-state index contributed by atoms with van der Waals surface area (Å²) in [4.78, 5) is 27.9. The number of amides is 2. The predicted octanol–water partition coefficient (Wildman–Crippen LogP) is 5.10. The molecule has 0 saturated carbocycles. The molecular formula is C20H16N2O3S. The molecule has 1 aromatic heterocycles. The maximum atomic E-state index is 13.0. The van der Waals surface area contributed by atoms with E-state index in [-0.39, 0.29) is 12.5 Å². The summed E-state index contributed by atoms with van der Waals surface area (Å²) < 4.78 is 5.55. The van der Waals surface area contributed by atoms with E-state index >= 15 is 0 Å². The van der Waals surface area contributed by atoms with Gasteiger partial charge in [-0.15, -0.1) is 11.3 Å². The zero-order chi connectivity index (χ0) is 18.1. The minimum atomic E-state index is -0.513. The molecule has 2 heterocycles. The van der Waals surface area contributed by atoms with Crippen LogP contribution in [0.1, 0.15) is 20.8 Å². The summed E-state index contributed by atoms with van der Waals surface area (Å²) >= 11 is 1.43. The molecule has 0 aliphatic carbocycles. The number of thiophene rings is 1. The second kappa shape index (κ2) is 6.65. The molecule has 5 nitrogen and oxygen atoms in total. The van der Waals surface area contributed by atoms with Crippen LogP contribution in [0.25, 0.3) is 0 Å². The average Bonchev–Trinajstić information content (AvgIpc) is 2.98. The van der Waals surface area contributed by atoms with Crippen molar-refractivity contribution in [1.82, 2.24) is 0 Å². The largest absolute Gasteiger partial charge is 0.444 e. The number of para-hydroxylation sites is 2. The quantitative estimate of drug-likeness (QED) is 0.688. The molecule has 3 aromatic rings. The third kappa shape index (κ3) is 2.84. The number of nitrogens with zero attached hydrogens (tertiary/aromatic N) is 1. The predicted molar refractivity (Wildman–Crippen MR) is 102 cm³/mol. The lowest BCUT2D eigenvalue weighted by molar-refractivity contribution is 0.102. The minimum absolute atomic E-state index is 0.165. The second-order valence-corrected chi connectivity index (χ2v) is 6.98. The van der Waals surface area contributed by atoms with Crippen LogP contribution in [0.15, 0.2) is 60.0 Å². The van der Waals surface area contributed by atoms with Crippen molar-refractivity contribution >= 4 is 40.4 Å². The highest BCUT2D eigenvalue weighted by Crippen LogP contribution is 2.42. The summed E-state index contributed by atoms with van der Waals surface area (Å²) in [5.74, 6) is -0.227. The SMILES string of the molecule is Cc1scc2c1N(C(=O)OCc1ccccc1)c1ccccc1NC2=O. The zero-order valence-corrected chi connectivity index (χ0v) is 14.9. The fraction of sp³-hybridized carbons (Fsp3) is 0.100. The number of rotatable bonds is 2. The Hall–Kier alpha value is -3.12. The Morgan fingerprint density at radius 2 is 1.85 bits per heavy atom. The monoisotopic (exact) mass is 364 g/mol. The first-order valence-corrected chi connectivity index (χ1v) is 9.02. The van der Waals surface area contributed by atoms with Crippen LogP contribution >= 0.6 is 11.3 Å². The van der Waals surface area contributed by atoms with E-state index < -0.39 is 6.09 Å². The number of hydrogen-bond donors (Lipinski definition) is 1. The normalized spacial score (nSPS) is 12.7. The van der Waals surface area contributed by atoms with Crippen LogP contribution in [0.2, 0.25) is 0 Å². The standard InChI is InChI=1S/C20H16N2O3S/c1-13-18-15(12-26-13)19(23)21-16-9-5-6-10-17(16)22(18)20(24)25-11-14-7-3-2-4-8-14/h2-10,12H,11H2,1H3,(H,21,23). The zero-order valence-electron chi connectivity index (χ0n) is 14.1. The summed E-state index contributed by atoms with van der Waals surface area (Å²) in [6.45, 7) is 2.06. The molecule has 1 N–H and O–H groups in total. The van der Waals surface area contributed by atoms with Crippen LogP contribution in [0.3, 0.4) is 0 Å². The second-order valence-electron chi connectivity index (χ2n) is 5.90. The van der Waals surface area contributed by atoms with Gasteiger partial charge in [0.25, 0.3) is 5.91 Å². The topological polar surface area (TPSA) is 58.6 Å².